The van der Waals surface area contributed by atoms with Crippen molar-refractivity contribution in [1.82, 2.24) is 0 Å². The van der Waals surface area contributed by atoms with Crippen molar-refractivity contribution in [3.63, 3.8) is 0 Å². The fraction of sp³-hybridized carbons (Fsp3) is 0.200. The van der Waals surface area contributed by atoms with Gasteiger partial charge in [-0.25, -0.2) is 0 Å². The molecule has 1 unspecified atom stereocenters. The van der Waals surface area contributed by atoms with Gasteiger partial charge < -0.3 is 5.73 Å². The first-order valence-electron chi connectivity index (χ1n) is 5.88. The lowest BCUT2D eigenvalue weighted by atomic mass is 10.1. The van der Waals surface area contributed by atoms with Gasteiger partial charge in [-0.3, -0.25) is 0 Å². The van der Waals surface area contributed by atoms with Gasteiger partial charge in [0, 0.05) is 21.2 Å². The molecule has 3 heteroatoms. The summed E-state index contributed by atoms with van der Waals surface area (Å²) in [5, 5.41) is 0.280. The van der Waals surface area contributed by atoms with Crippen LogP contribution in [0.5, 0.6) is 0 Å². The van der Waals surface area contributed by atoms with Crippen molar-refractivity contribution in [2.45, 2.75) is 17.1 Å². The van der Waals surface area contributed by atoms with E-state index in [4.69, 9.17) is 5.73 Å². The molecule has 0 spiro atoms. The van der Waals surface area contributed by atoms with E-state index >= 15 is 0 Å². The first-order chi connectivity index (χ1) is 8.70. The first kappa shape index (κ1) is 13.7. The lowest BCUT2D eigenvalue weighted by molar-refractivity contribution is 0.935. The highest BCUT2D eigenvalue weighted by Gasteiger charge is 2.13. The largest absolute Gasteiger partial charge is 0.329 e. The van der Waals surface area contributed by atoms with E-state index in [0.717, 1.165) is 4.47 Å². The smallest absolute Gasteiger partial charge is 0.0478 e. The zero-order chi connectivity index (χ0) is 13.0. The van der Waals surface area contributed by atoms with Crippen molar-refractivity contribution in [3.8, 4) is 0 Å². The monoisotopic (exact) mass is 321 g/mol. The Hall–Kier alpha value is -0.770. The second-order valence-electron chi connectivity index (χ2n) is 4.18. The molecule has 2 rings (SSSR count). The van der Waals surface area contributed by atoms with Gasteiger partial charge in [-0.1, -0.05) is 51.8 Å². The number of halogens is 1. The first-order valence-corrected chi connectivity index (χ1v) is 7.56. The van der Waals surface area contributed by atoms with Gasteiger partial charge in [-0.05, 0) is 30.7 Å². The van der Waals surface area contributed by atoms with Gasteiger partial charge in [0.05, 0.1) is 0 Å². The molecule has 0 heterocycles. The Bertz CT molecular complexity index is 527. The number of aryl methyl sites for hydroxylation is 1. The number of hydrogen-bond acceptors (Lipinski definition) is 2. The van der Waals surface area contributed by atoms with E-state index in [1.165, 1.54) is 16.0 Å². The summed E-state index contributed by atoms with van der Waals surface area (Å²) in [6.07, 6.45) is 0. The van der Waals surface area contributed by atoms with Gasteiger partial charge in [-0.15, -0.1) is 11.8 Å². The number of thioether (sulfide) groups is 1. The Balaban J connectivity index is 2.23. The average molecular weight is 322 g/mol. The number of rotatable bonds is 4. The molecule has 18 heavy (non-hydrogen) atoms. The van der Waals surface area contributed by atoms with Crippen LogP contribution in [-0.4, -0.2) is 6.54 Å². The van der Waals surface area contributed by atoms with Gasteiger partial charge in [0.1, 0.15) is 0 Å². The average Bonchev–Trinajstić information content (AvgIpc) is 2.37. The minimum absolute atomic E-state index is 0.280. The van der Waals surface area contributed by atoms with Crippen LogP contribution in [0.2, 0.25) is 0 Å². The topological polar surface area (TPSA) is 26.0 Å². The number of benzene rings is 2. The molecule has 0 aliphatic heterocycles. The summed E-state index contributed by atoms with van der Waals surface area (Å²) in [6, 6.07) is 16.8. The summed E-state index contributed by atoms with van der Waals surface area (Å²) in [4.78, 5) is 1.27. The van der Waals surface area contributed by atoms with Crippen LogP contribution in [0.25, 0.3) is 0 Å². The second kappa shape index (κ2) is 6.41. The van der Waals surface area contributed by atoms with E-state index in [1.54, 1.807) is 0 Å². The normalized spacial score (nSPS) is 12.4. The molecule has 0 aliphatic rings. The van der Waals surface area contributed by atoms with Crippen LogP contribution >= 0.6 is 27.7 Å². The molecule has 0 fully saturated rings. The Labute approximate surface area is 121 Å². The lowest BCUT2D eigenvalue weighted by Gasteiger charge is -2.16. The Morgan fingerprint density at radius 3 is 2.61 bits per heavy atom. The summed E-state index contributed by atoms with van der Waals surface area (Å²) in [6.45, 7) is 2.74. The summed E-state index contributed by atoms with van der Waals surface area (Å²) in [5.41, 5.74) is 8.45. The molecular weight excluding hydrogens is 306 g/mol. The van der Waals surface area contributed by atoms with Gasteiger partial charge in [0.2, 0.25) is 0 Å². The van der Waals surface area contributed by atoms with Gasteiger partial charge in [-0.2, -0.15) is 0 Å². The van der Waals surface area contributed by atoms with Gasteiger partial charge in [0.15, 0.2) is 0 Å². The molecule has 94 valence electrons. The maximum absolute atomic E-state index is 5.92. The second-order valence-corrected chi connectivity index (χ2v) is 6.31. The molecule has 1 atom stereocenters. The van der Waals surface area contributed by atoms with Gasteiger partial charge >= 0.3 is 0 Å². The number of nitrogens with two attached hydrogens (primary N) is 1. The Morgan fingerprint density at radius 2 is 1.94 bits per heavy atom. The highest BCUT2D eigenvalue weighted by atomic mass is 79.9. The van der Waals surface area contributed by atoms with Crippen LogP contribution in [0.15, 0.2) is 57.9 Å². The van der Waals surface area contributed by atoms with E-state index < -0.39 is 0 Å². The Morgan fingerprint density at radius 1 is 1.17 bits per heavy atom. The summed E-state index contributed by atoms with van der Waals surface area (Å²) < 4.78 is 1.13. The van der Waals surface area contributed by atoms with Crippen LogP contribution in [0.3, 0.4) is 0 Å². The van der Waals surface area contributed by atoms with Crippen molar-refractivity contribution in [2.75, 3.05) is 6.54 Å². The highest BCUT2D eigenvalue weighted by Crippen LogP contribution is 2.37. The standard InChI is InChI=1S/C15H16BrNS/c1-11-5-4-6-12(9-11)18-15(10-17)13-7-2-3-8-14(13)16/h2-9,15H,10,17H2,1H3. The summed E-state index contributed by atoms with van der Waals surface area (Å²) in [7, 11) is 0. The molecule has 0 aromatic heterocycles. The molecule has 0 bridgehead atoms. The maximum Gasteiger partial charge on any atom is 0.0478 e. The van der Waals surface area contributed by atoms with Crippen LogP contribution < -0.4 is 5.73 Å². The predicted molar refractivity (Wildman–Crippen MR) is 83.0 cm³/mol. The van der Waals surface area contributed by atoms with E-state index in [2.05, 4.69) is 65.3 Å². The zero-order valence-electron chi connectivity index (χ0n) is 10.3. The molecule has 0 saturated carbocycles. The molecule has 0 amide bonds. The van der Waals surface area contributed by atoms with Crippen molar-refractivity contribution in [2.24, 2.45) is 5.73 Å². The molecule has 2 aromatic rings. The summed E-state index contributed by atoms with van der Waals surface area (Å²) >= 11 is 5.41. The minimum Gasteiger partial charge on any atom is -0.329 e. The molecule has 1 nitrogen and oxygen atoms in total. The number of hydrogen-bond donors (Lipinski definition) is 1. The quantitative estimate of drug-likeness (QED) is 0.836. The zero-order valence-corrected chi connectivity index (χ0v) is 12.7. The van der Waals surface area contributed by atoms with Crippen molar-refractivity contribution in [1.29, 1.82) is 0 Å². The molecule has 2 aromatic carbocycles. The van der Waals surface area contributed by atoms with Crippen LogP contribution in [0.1, 0.15) is 16.4 Å². The fourth-order valence-corrected chi connectivity index (χ4v) is 3.71. The van der Waals surface area contributed by atoms with E-state index in [-0.39, 0.29) is 5.25 Å². The lowest BCUT2D eigenvalue weighted by Crippen LogP contribution is -2.09. The SMILES string of the molecule is Cc1cccc(SC(CN)c2ccccc2Br)c1. The molecule has 0 aliphatic carbocycles. The third kappa shape index (κ3) is 3.37. The Kier molecular flexibility index (Phi) is 4.87. The third-order valence-electron chi connectivity index (χ3n) is 2.73. The van der Waals surface area contributed by atoms with Crippen LogP contribution in [0, 0.1) is 6.92 Å². The van der Waals surface area contributed by atoms with E-state index in [0.29, 0.717) is 6.54 Å². The van der Waals surface area contributed by atoms with E-state index in [1.807, 2.05) is 17.8 Å². The highest BCUT2D eigenvalue weighted by molar-refractivity contribution is 9.10. The predicted octanol–water partition coefficient (Wildman–Crippen LogP) is 4.55. The molecule has 0 radical (unpaired) electrons. The van der Waals surface area contributed by atoms with Crippen LogP contribution in [0.4, 0.5) is 0 Å². The third-order valence-corrected chi connectivity index (χ3v) is 4.71. The summed E-state index contributed by atoms with van der Waals surface area (Å²) in [5.74, 6) is 0. The van der Waals surface area contributed by atoms with Crippen molar-refractivity contribution < 1.29 is 0 Å². The van der Waals surface area contributed by atoms with Crippen LogP contribution in [-0.2, 0) is 0 Å². The molecule has 0 saturated heterocycles. The molecule has 2 N–H and O–H groups in total. The van der Waals surface area contributed by atoms with Gasteiger partial charge in [0.25, 0.3) is 0 Å². The van der Waals surface area contributed by atoms with Crippen molar-refractivity contribution >= 4 is 27.7 Å². The molecular formula is C15H16BrNS. The van der Waals surface area contributed by atoms with Crippen molar-refractivity contribution in [3.05, 3.63) is 64.1 Å². The van der Waals surface area contributed by atoms with E-state index in [9.17, 15) is 0 Å². The minimum atomic E-state index is 0.280. The maximum atomic E-state index is 5.92. The fourth-order valence-electron chi connectivity index (χ4n) is 1.83.